The summed E-state index contributed by atoms with van der Waals surface area (Å²) in [6.07, 6.45) is 6.53. The Morgan fingerprint density at radius 1 is 0.912 bits per heavy atom. The van der Waals surface area contributed by atoms with Crippen LogP contribution in [0.3, 0.4) is 0 Å². The maximum Gasteiger partial charge on any atom is 0.322 e. The van der Waals surface area contributed by atoms with Crippen LogP contribution in [0.15, 0.2) is 42.5 Å². The van der Waals surface area contributed by atoms with Gasteiger partial charge in [0.15, 0.2) is 0 Å². The number of halogens is 1. The predicted octanol–water partition coefficient (Wildman–Crippen LogP) is 5.09. The third-order valence-corrected chi connectivity index (χ3v) is 8.92. The number of likely N-dealkylation sites (N-methyl/N-ethyl adjacent to an activating group) is 1. The molecule has 2 heterocycles. The maximum atomic E-state index is 13.5. The molecular weight excluding hydrogens is 431 g/mol. The number of nitrogens with one attached hydrogen (secondary N) is 1. The minimum atomic E-state index is -0.266. The van der Waals surface area contributed by atoms with Gasteiger partial charge in [-0.1, -0.05) is 18.2 Å². The first-order valence-electron chi connectivity index (χ1n) is 12.3. The summed E-state index contributed by atoms with van der Waals surface area (Å²) in [5.74, 6) is -0.266. The first-order chi connectivity index (χ1) is 16.4. The van der Waals surface area contributed by atoms with Crippen LogP contribution in [0.25, 0.3) is 0 Å². The minimum absolute atomic E-state index is 0.0493. The maximum absolute atomic E-state index is 13.5. The van der Waals surface area contributed by atoms with E-state index in [1.807, 2.05) is 24.1 Å². The van der Waals surface area contributed by atoms with E-state index in [1.54, 1.807) is 11.0 Å². The molecule has 1 N–H and O–H groups in total. The number of hydrogen-bond donors (Lipinski definition) is 1. The second kappa shape index (κ2) is 7.72. The van der Waals surface area contributed by atoms with Crippen molar-refractivity contribution in [1.82, 2.24) is 14.7 Å². The van der Waals surface area contributed by atoms with Crippen LogP contribution in [-0.4, -0.2) is 52.4 Å². The van der Waals surface area contributed by atoms with E-state index < -0.39 is 0 Å². The molecule has 2 aliphatic heterocycles. The van der Waals surface area contributed by atoms with Crippen LogP contribution < -0.4 is 5.32 Å². The molecule has 0 unspecified atom stereocenters. The quantitative estimate of drug-likeness (QED) is 0.691. The summed E-state index contributed by atoms with van der Waals surface area (Å²) >= 11 is 0. The number of carbonyl (C=O) groups is 2. The third-order valence-electron chi connectivity index (χ3n) is 8.92. The molecule has 2 aromatic carbocycles. The van der Waals surface area contributed by atoms with Crippen molar-refractivity contribution in [3.63, 3.8) is 0 Å². The molecule has 0 aromatic heterocycles. The molecule has 2 bridgehead atoms. The van der Waals surface area contributed by atoms with Crippen molar-refractivity contribution in [2.45, 2.75) is 62.6 Å². The van der Waals surface area contributed by atoms with Crippen LogP contribution in [0, 0.1) is 5.82 Å². The van der Waals surface area contributed by atoms with Crippen LogP contribution in [0.4, 0.5) is 19.7 Å². The van der Waals surface area contributed by atoms with Gasteiger partial charge in [0, 0.05) is 44.5 Å². The lowest BCUT2D eigenvalue weighted by Crippen LogP contribution is -2.58. The lowest BCUT2D eigenvalue weighted by atomic mass is 9.54. The van der Waals surface area contributed by atoms with Gasteiger partial charge < -0.3 is 20.0 Å². The minimum Gasteiger partial charge on any atom is -0.326 e. The molecule has 5 aliphatic rings. The molecule has 2 aromatic rings. The molecule has 0 spiro atoms. The highest BCUT2D eigenvalue weighted by Gasteiger charge is 2.54. The number of hydrogen-bond acceptors (Lipinski definition) is 2. The molecule has 34 heavy (non-hydrogen) atoms. The van der Waals surface area contributed by atoms with Crippen LogP contribution in [0.2, 0.25) is 0 Å². The largest absolute Gasteiger partial charge is 0.326 e. The van der Waals surface area contributed by atoms with E-state index in [-0.39, 0.29) is 28.8 Å². The monoisotopic (exact) mass is 462 g/mol. The number of carbonyl (C=O) groups excluding carboxylic acids is 2. The molecule has 178 valence electrons. The van der Waals surface area contributed by atoms with Gasteiger partial charge in [-0.25, -0.2) is 14.0 Å². The molecule has 4 fully saturated rings. The van der Waals surface area contributed by atoms with E-state index in [9.17, 15) is 14.0 Å². The standard InChI is InChI=1S/C27H31FN4O2/c1-30-14-15-32(25(30)34)27-11-8-26(9-12-27,10-13-27)21-3-6-23(7-4-21)29-24(33)31-17-19-2-5-22(28)16-20(19)18-31/h2-7,16H,8-15,17-18H2,1H3,(H,29,33). The molecule has 0 radical (unpaired) electrons. The van der Waals surface area contributed by atoms with Gasteiger partial charge in [-0.05, 0) is 84.9 Å². The Bertz CT molecular complexity index is 1120. The summed E-state index contributed by atoms with van der Waals surface area (Å²) in [5, 5.41) is 3.00. The second-order valence-corrected chi connectivity index (χ2v) is 10.6. The summed E-state index contributed by atoms with van der Waals surface area (Å²) in [4.78, 5) is 31.1. The smallest absolute Gasteiger partial charge is 0.322 e. The third kappa shape index (κ3) is 3.36. The van der Waals surface area contributed by atoms with Gasteiger partial charge in [-0.3, -0.25) is 0 Å². The highest BCUT2D eigenvalue weighted by molar-refractivity contribution is 5.89. The van der Waals surface area contributed by atoms with Crippen molar-refractivity contribution < 1.29 is 14.0 Å². The molecule has 7 rings (SSSR count). The molecule has 3 aliphatic carbocycles. The van der Waals surface area contributed by atoms with Crippen molar-refractivity contribution in [3.05, 3.63) is 65.0 Å². The van der Waals surface area contributed by atoms with Crippen LogP contribution in [0.5, 0.6) is 0 Å². The van der Waals surface area contributed by atoms with Crippen LogP contribution in [0.1, 0.15) is 55.2 Å². The van der Waals surface area contributed by atoms with Gasteiger partial charge in [0.1, 0.15) is 5.82 Å². The Balaban J connectivity index is 1.10. The average Bonchev–Trinajstić information content (AvgIpc) is 3.43. The number of amides is 4. The number of benzene rings is 2. The Morgan fingerprint density at radius 3 is 2.24 bits per heavy atom. The van der Waals surface area contributed by atoms with Gasteiger partial charge in [0.2, 0.25) is 0 Å². The van der Waals surface area contributed by atoms with Crippen LogP contribution in [-0.2, 0) is 18.5 Å². The molecule has 6 nitrogen and oxygen atoms in total. The van der Waals surface area contributed by atoms with Crippen molar-refractivity contribution in [3.8, 4) is 0 Å². The molecule has 7 heteroatoms. The van der Waals surface area contributed by atoms with Gasteiger partial charge in [-0.15, -0.1) is 0 Å². The number of rotatable bonds is 3. The summed E-state index contributed by atoms with van der Waals surface area (Å²) in [7, 11) is 1.90. The van der Waals surface area contributed by atoms with Gasteiger partial charge in [0.05, 0.1) is 0 Å². The van der Waals surface area contributed by atoms with E-state index in [4.69, 9.17) is 0 Å². The topological polar surface area (TPSA) is 55.9 Å². The Hall–Kier alpha value is -3.09. The highest BCUT2D eigenvalue weighted by atomic mass is 19.1. The summed E-state index contributed by atoms with van der Waals surface area (Å²) < 4.78 is 13.5. The fourth-order valence-electron chi connectivity index (χ4n) is 6.71. The molecule has 0 atom stereocenters. The van der Waals surface area contributed by atoms with E-state index in [1.165, 1.54) is 17.7 Å². The lowest BCUT2D eigenvalue weighted by Gasteiger charge is -2.56. The predicted molar refractivity (Wildman–Crippen MR) is 128 cm³/mol. The first kappa shape index (κ1) is 21.4. The van der Waals surface area contributed by atoms with Crippen molar-refractivity contribution in [1.29, 1.82) is 0 Å². The van der Waals surface area contributed by atoms with Crippen molar-refractivity contribution in [2.75, 3.05) is 25.5 Å². The molecule has 1 saturated heterocycles. The lowest BCUT2D eigenvalue weighted by molar-refractivity contribution is 0.00786. The van der Waals surface area contributed by atoms with E-state index in [0.717, 1.165) is 68.4 Å². The van der Waals surface area contributed by atoms with Crippen molar-refractivity contribution >= 4 is 17.7 Å². The van der Waals surface area contributed by atoms with E-state index in [2.05, 4.69) is 22.3 Å². The fraction of sp³-hybridized carbons (Fsp3) is 0.481. The average molecular weight is 463 g/mol. The fourth-order valence-corrected chi connectivity index (χ4v) is 6.71. The van der Waals surface area contributed by atoms with E-state index >= 15 is 0 Å². The second-order valence-electron chi connectivity index (χ2n) is 10.6. The Labute approximate surface area is 199 Å². The normalized spacial score (nSPS) is 27.9. The number of fused-ring (bicyclic) bond motifs is 4. The first-order valence-corrected chi connectivity index (χ1v) is 12.3. The Kier molecular flexibility index (Phi) is 4.87. The zero-order valence-electron chi connectivity index (χ0n) is 19.6. The zero-order valence-corrected chi connectivity index (χ0v) is 19.6. The SMILES string of the molecule is CN1CCN(C23CCC(c4ccc(NC(=O)N5Cc6ccc(F)cc6C5)cc4)(CC2)CC3)C1=O. The molecular formula is C27H31FN4O2. The number of anilines is 1. The number of nitrogens with zero attached hydrogens (tertiary/aromatic N) is 3. The summed E-state index contributed by atoms with van der Waals surface area (Å²) in [6, 6.07) is 13.1. The molecule has 3 saturated carbocycles. The van der Waals surface area contributed by atoms with Gasteiger partial charge in [0.25, 0.3) is 0 Å². The van der Waals surface area contributed by atoms with Crippen molar-refractivity contribution in [2.24, 2.45) is 0 Å². The van der Waals surface area contributed by atoms with E-state index in [0.29, 0.717) is 13.1 Å². The highest BCUT2D eigenvalue weighted by Crippen LogP contribution is 2.56. The summed E-state index contributed by atoms with van der Waals surface area (Å²) in [5.41, 5.74) is 4.22. The zero-order chi connectivity index (χ0) is 23.5. The Morgan fingerprint density at radius 2 is 1.59 bits per heavy atom. The van der Waals surface area contributed by atoms with Gasteiger partial charge in [-0.2, -0.15) is 0 Å². The molecule has 4 amide bonds. The summed E-state index contributed by atoms with van der Waals surface area (Å²) in [6.45, 7) is 2.62. The van der Waals surface area contributed by atoms with Gasteiger partial charge >= 0.3 is 12.1 Å². The number of urea groups is 2. The van der Waals surface area contributed by atoms with Crippen LogP contribution >= 0.6 is 0 Å².